The lowest BCUT2D eigenvalue weighted by atomic mass is 10.3. The second-order valence-electron chi connectivity index (χ2n) is 1.96. The Hall–Kier alpha value is -1.74. The van der Waals surface area contributed by atoms with E-state index in [0.29, 0.717) is 12.1 Å². The Labute approximate surface area is 66.0 Å². The van der Waals surface area contributed by atoms with Gasteiger partial charge in [-0.2, -0.15) is 4.99 Å². The van der Waals surface area contributed by atoms with Gasteiger partial charge >= 0.3 is 0 Å². The van der Waals surface area contributed by atoms with E-state index < -0.39 is 23.1 Å². The molecule has 0 heterocycles. The Morgan fingerprint density at radius 2 is 2.00 bits per heavy atom. The van der Waals surface area contributed by atoms with Gasteiger partial charge in [0.1, 0.15) is 5.69 Å². The number of nitrogens with zero attached hydrogens (tertiary/aromatic N) is 1. The molecular weight excluding hydrogens is 168 g/mol. The van der Waals surface area contributed by atoms with Gasteiger partial charge in [-0.3, -0.25) is 0 Å². The summed E-state index contributed by atoms with van der Waals surface area (Å²) < 4.78 is 25.0. The summed E-state index contributed by atoms with van der Waals surface area (Å²) in [6.07, 6.45) is 1.07. The average Bonchev–Trinajstić information content (AvgIpc) is 2.01. The lowest BCUT2D eigenvalue weighted by molar-refractivity contribution is 0.428. The zero-order chi connectivity index (χ0) is 9.14. The lowest BCUT2D eigenvalue weighted by Crippen LogP contribution is -1.80. The molecule has 0 aliphatic heterocycles. The number of hydrogen-bond acceptors (Lipinski definition) is 3. The Kier molecular flexibility index (Phi) is 2.16. The molecule has 0 spiro atoms. The normalized spacial score (nSPS) is 9.17. The number of hydrogen-bond donors (Lipinski definition) is 1. The maximum absolute atomic E-state index is 12.6. The molecule has 0 amide bonds. The Bertz CT molecular complexity index is 359. The molecule has 1 aromatic rings. The van der Waals surface area contributed by atoms with Crippen LogP contribution in [0.4, 0.5) is 14.5 Å². The predicted octanol–water partition coefficient (Wildman–Crippen LogP) is 1.64. The van der Waals surface area contributed by atoms with Crippen LogP contribution in [-0.4, -0.2) is 11.2 Å². The number of carbonyl (C=O) groups excluding carboxylic acids is 1. The first kappa shape index (κ1) is 8.36. The van der Waals surface area contributed by atoms with Gasteiger partial charge in [-0.1, -0.05) is 0 Å². The van der Waals surface area contributed by atoms with Gasteiger partial charge in [0.2, 0.25) is 6.08 Å². The zero-order valence-electron chi connectivity index (χ0n) is 5.71. The highest BCUT2D eigenvalue weighted by Crippen LogP contribution is 2.25. The first-order chi connectivity index (χ1) is 5.65. The van der Waals surface area contributed by atoms with Crippen LogP contribution in [0.15, 0.2) is 17.1 Å². The first-order valence-electron chi connectivity index (χ1n) is 2.91. The van der Waals surface area contributed by atoms with E-state index in [1.807, 2.05) is 0 Å². The fraction of sp³-hybridized carbons (Fsp3) is 0. The van der Waals surface area contributed by atoms with Gasteiger partial charge in [-0.15, -0.1) is 0 Å². The van der Waals surface area contributed by atoms with E-state index in [-0.39, 0.29) is 0 Å². The minimum atomic E-state index is -1.10. The van der Waals surface area contributed by atoms with Crippen LogP contribution < -0.4 is 0 Å². The SMILES string of the molecule is O=C=Nc1cc(O)c(F)cc1F. The topological polar surface area (TPSA) is 49.7 Å². The number of isocyanates is 1. The van der Waals surface area contributed by atoms with E-state index in [1.165, 1.54) is 0 Å². The van der Waals surface area contributed by atoms with Gasteiger partial charge in [-0.25, -0.2) is 13.6 Å². The smallest absolute Gasteiger partial charge is 0.240 e. The molecule has 1 N–H and O–H groups in total. The Morgan fingerprint density at radius 1 is 1.33 bits per heavy atom. The summed E-state index contributed by atoms with van der Waals surface area (Å²) in [5.41, 5.74) is -0.441. The number of phenolic OH excluding ortho intramolecular Hbond substituents is 1. The summed E-state index contributed by atoms with van der Waals surface area (Å²) in [7, 11) is 0. The van der Waals surface area contributed by atoms with E-state index in [9.17, 15) is 13.6 Å². The van der Waals surface area contributed by atoms with Crippen molar-refractivity contribution in [2.45, 2.75) is 0 Å². The van der Waals surface area contributed by atoms with Crippen molar-refractivity contribution in [2.24, 2.45) is 4.99 Å². The molecule has 0 saturated heterocycles. The monoisotopic (exact) mass is 171 g/mol. The van der Waals surface area contributed by atoms with Crippen LogP contribution >= 0.6 is 0 Å². The third-order valence-corrected chi connectivity index (χ3v) is 1.18. The van der Waals surface area contributed by atoms with Crippen molar-refractivity contribution < 1.29 is 18.7 Å². The van der Waals surface area contributed by atoms with Crippen LogP contribution in [-0.2, 0) is 4.79 Å². The maximum Gasteiger partial charge on any atom is 0.240 e. The molecule has 0 unspecified atom stereocenters. The highest BCUT2D eigenvalue weighted by Gasteiger charge is 2.07. The minimum Gasteiger partial charge on any atom is -0.505 e. The van der Waals surface area contributed by atoms with Crippen LogP contribution in [0.1, 0.15) is 0 Å². The Morgan fingerprint density at radius 3 is 2.58 bits per heavy atom. The first-order valence-corrected chi connectivity index (χ1v) is 2.91. The second kappa shape index (κ2) is 3.11. The van der Waals surface area contributed by atoms with Crippen molar-refractivity contribution in [2.75, 3.05) is 0 Å². The molecule has 62 valence electrons. The largest absolute Gasteiger partial charge is 0.505 e. The predicted molar refractivity (Wildman–Crippen MR) is 35.8 cm³/mol. The number of aliphatic imine (C=N–C) groups is 1. The zero-order valence-corrected chi connectivity index (χ0v) is 5.71. The molecule has 1 rings (SSSR count). The fourth-order valence-corrected chi connectivity index (χ4v) is 0.661. The van der Waals surface area contributed by atoms with E-state index in [2.05, 4.69) is 4.99 Å². The van der Waals surface area contributed by atoms with Crippen molar-refractivity contribution in [3.05, 3.63) is 23.8 Å². The number of benzene rings is 1. The number of rotatable bonds is 1. The third-order valence-electron chi connectivity index (χ3n) is 1.18. The standard InChI is InChI=1S/C7H3F2NO2/c8-4-1-5(9)7(12)2-6(4)10-3-11/h1-2,12H. The summed E-state index contributed by atoms with van der Waals surface area (Å²) in [5.74, 6) is -2.88. The number of halogens is 2. The van der Waals surface area contributed by atoms with E-state index >= 15 is 0 Å². The molecule has 0 saturated carbocycles. The average molecular weight is 171 g/mol. The number of phenols is 1. The van der Waals surface area contributed by atoms with Crippen LogP contribution in [0, 0.1) is 11.6 Å². The van der Waals surface area contributed by atoms with Gasteiger partial charge < -0.3 is 5.11 Å². The van der Waals surface area contributed by atoms with E-state index in [4.69, 9.17) is 5.11 Å². The molecule has 0 aromatic heterocycles. The van der Waals surface area contributed by atoms with Gasteiger partial charge in [0.25, 0.3) is 0 Å². The van der Waals surface area contributed by atoms with Crippen molar-refractivity contribution >= 4 is 11.8 Å². The molecule has 0 aliphatic rings. The highest BCUT2D eigenvalue weighted by atomic mass is 19.1. The summed E-state index contributed by atoms with van der Waals surface area (Å²) >= 11 is 0. The van der Waals surface area contributed by atoms with Crippen molar-refractivity contribution in [1.82, 2.24) is 0 Å². The molecule has 0 radical (unpaired) electrons. The van der Waals surface area contributed by atoms with Crippen LogP contribution in [0.2, 0.25) is 0 Å². The van der Waals surface area contributed by atoms with Crippen molar-refractivity contribution in [3.8, 4) is 5.75 Å². The molecular formula is C7H3F2NO2. The highest BCUT2D eigenvalue weighted by molar-refractivity contribution is 5.52. The van der Waals surface area contributed by atoms with E-state index in [0.717, 1.165) is 6.08 Å². The van der Waals surface area contributed by atoms with Gasteiger partial charge in [0, 0.05) is 12.1 Å². The van der Waals surface area contributed by atoms with E-state index in [1.54, 1.807) is 0 Å². The van der Waals surface area contributed by atoms with Gasteiger partial charge in [-0.05, 0) is 0 Å². The van der Waals surface area contributed by atoms with Crippen molar-refractivity contribution in [1.29, 1.82) is 0 Å². The minimum absolute atomic E-state index is 0.436. The van der Waals surface area contributed by atoms with Crippen LogP contribution in [0.5, 0.6) is 5.75 Å². The molecule has 0 bridgehead atoms. The molecule has 3 nitrogen and oxygen atoms in total. The van der Waals surface area contributed by atoms with Gasteiger partial charge in [0.15, 0.2) is 17.4 Å². The molecule has 0 atom stereocenters. The lowest BCUT2D eigenvalue weighted by Gasteiger charge is -1.96. The van der Waals surface area contributed by atoms with Crippen LogP contribution in [0.25, 0.3) is 0 Å². The third kappa shape index (κ3) is 1.46. The molecule has 1 aromatic carbocycles. The van der Waals surface area contributed by atoms with Crippen LogP contribution in [0.3, 0.4) is 0 Å². The van der Waals surface area contributed by atoms with Crippen molar-refractivity contribution in [3.63, 3.8) is 0 Å². The summed E-state index contributed by atoms with van der Waals surface area (Å²) in [4.78, 5) is 12.6. The summed E-state index contributed by atoms with van der Waals surface area (Å²) in [6.45, 7) is 0. The van der Waals surface area contributed by atoms with Gasteiger partial charge in [0.05, 0.1) is 0 Å². The molecule has 12 heavy (non-hydrogen) atoms. The quantitative estimate of drug-likeness (QED) is 0.515. The summed E-state index contributed by atoms with van der Waals surface area (Å²) in [6, 6.07) is 1.14. The fourth-order valence-electron chi connectivity index (χ4n) is 0.661. The molecule has 0 aliphatic carbocycles. The summed E-state index contributed by atoms with van der Waals surface area (Å²) in [5, 5.41) is 8.72. The second-order valence-corrected chi connectivity index (χ2v) is 1.96. The Balaban J connectivity index is 3.32. The maximum atomic E-state index is 12.6. The number of aromatic hydroxyl groups is 1. The molecule has 5 heteroatoms. The molecule has 0 fully saturated rings.